The van der Waals surface area contributed by atoms with E-state index >= 15 is 0 Å². The Hall–Kier alpha value is -2.86. The van der Waals surface area contributed by atoms with E-state index in [1.165, 1.54) is 25.8 Å². The molecule has 0 aliphatic carbocycles. The van der Waals surface area contributed by atoms with Crippen molar-refractivity contribution in [2.24, 2.45) is 0 Å². The Morgan fingerprint density at radius 3 is 1.93 bits per heavy atom. The Kier molecular flexibility index (Phi) is 6.08. The van der Waals surface area contributed by atoms with Gasteiger partial charge in [-0.15, -0.1) is 0 Å². The number of rotatable bonds is 5. The van der Waals surface area contributed by atoms with E-state index in [4.69, 9.17) is 9.47 Å². The molecule has 6 nitrogen and oxygen atoms in total. The van der Waals surface area contributed by atoms with Gasteiger partial charge in [0, 0.05) is 38.4 Å². The zero-order valence-electron chi connectivity index (χ0n) is 15.7. The lowest BCUT2D eigenvalue weighted by Crippen LogP contribution is -2.46. The smallest absolute Gasteiger partial charge is 0.337 e. The molecule has 2 aromatic carbocycles. The van der Waals surface area contributed by atoms with Crippen LogP contribution in [-0.2, 0) is 16.0 Å². The lowest BCUT2D eigenvalue weighted by molar-refractivity contribution is 0.0599. The van der Waals surface area contributed by atoms with Crippen molar-refractivity contribution in [1.29, 1.82) is 0 Å². The van der Waals surface area contributed by atoms with Crippen molar-refractivity contribution in [2.45, 2.75) is 6.54 Å². The maximum Gasteiger partial charge on any atom is 0.337 e. The van der Waals surface area contributed by atoms with Gasteiger partial charge in [-0.05, 0) is 23.8 Å². The van der Waals surface area contributed by atoms with Crippen molar-refractivity contribution in [3.05, 3.63) is 65.2 Å². The monoisotopic (exact) mass is 368 g/mol. The summed E-state index contributed by atoms with van der Waals surface area (Å²) in [6.07, 6.45) is 0. The highest BCUT2D eigenvalue weighted by Gasteiger charge is 2.21. The molecule has 0 spiro atoms. The van der Waals surface area contributed by atoms with Crippen LogP contribution < -0.4 is 4.90 Å². The van der Waals surface area contributed by atoms with Gasteiger partial charge in [-0.2, -0.15) is 0 Å². The number of benzene rings is 2. The first-order valence-electron chi connectivity index (χ1n) is 8.93. The molecule has 1 heterocycles. The number of nitrogens with zero attached hydrogens (tertiary/aromatic N) is 2. The minimum absolute atomic E-state index is 0.349. The topological polar surface area (TPSA) is 59.1 Å². The van der Waals surface area contributed by atoms with Crippen molar-refractivity contribution in [2.75, 3.05) is 45.3 Å². The predicted molar refractivity (Wildman–Crippen MR) is 103 cm³/mol. The molecule has 0 atom stereocenters. The summed E-state index contributed by atoms with van der Waals surface area (Å²) in [5, 5.41) is 0. The fourth-order valence-corrected chi connectivity index (χ4v) is 3.27. The first kappa shape index (κ1) is 18.9. The standard InChI is InChI=1S/C21H24N2O4/c1-26-20(24)17-12-18(21(25)27-2)14-19(13-17)23-10-8-22(9-11-23)15-16-6-4-3-5-7-16/h3-7,12-14H,8-11,15H2,1-2H3. The van der Waals surface area contributed by atoms with Crippen LogP contribution >= 0.6 is 0 Å². The summed E-state index contributed by atoms with van der Waals surface area (Å²) >= 11 is 0. The van der Waals surface area contributed by atoms with Crippen molar-refractivity contribution in [3.8, 4) is 0 Å². The zero-order chi connectivity index (χ0) is 19.2. The van der Waals surface area contributed by atoms with Gasteiger partial charge in [0.05, 0.1) is 25.3 Å². The molecule has 0 bridgehead atoms. The maximum absolute atomic E-state index is 12.0. The van der Waals surface area contributed by atoms with E-state index in [2.05, 4.69) is 34.1 Å². The lowest BCUT2D eigenvalue weighted by Gasteiger charge is -2.36. The van der Waals surface area contributed by atoms with Crippen LogP contribution in [0, 0.1) is 0 Å². The molecule has 0 radical (unpaired) electrons. The molecule has 3 rings (SSSR count). The molecule has 1 aliphatic heterocycles. The Balaban J connectivity index is 1.72. The molecule has 0 saturated carbocycles. The summed E-state index contributed by atoms with van der Waals surface area (Å²) in [7, 11) is 2.66. The van der Waals surface area contributed by atoms with Gasteiger partial charge >= 0.3 is 11.9 Å². The maximum atomic E-state index is 12.0. The average Bonchev–Trinajstić information content (AvgIpc) is 2.73. The molecular weight excluding hydrogens is 344 g/mol. The second-order valence-electron chi connectivity index (χ2n) is 6.50. The summed E-state index contributed by atoms with van der Waals surface area (Å²) in [4.78, 5) is 28.5. The number of hydrogen-bond donors (Lipinski definition) is 0. The van der Waals surface area contributed by atoms with Crippen LogP contribution in [0.4, 0.5) is 5.69 Å². The number of carbonyl (C=O) groups is 2. The predicted octanol–water partition coefficient (Wildman–Crippen LogP) is 2.58. The van der Waals surface area contributed by atoms with Crippen LogP contribution in [0.1, 0.15) is 26.3 Å². The number of esters is 2. The van der Waals surface area contributed by atoms with Crippen LogP contribution in [0.3, 0.4) is 0 Å². The van der Waals surface area contributed by atoms with E-state index in [0.29, 0.717) is 11.1 Å². The van der Waals surface area contributed by atoms with E-state index in [9.17, 15) is 9.59 Å². The number of hydrogen-bond acceptors (Lipinski definition) is 6. The minimum Gasteiger partial charge on any atom is -0.465 e. The molecule has 6 heteroatoms. The lowest BCUT2D eigenvalue weighted by atomic mass is 10.1. The van der Waals surface area contributed by atoms with Gasteiger partial charge in [0.15, 0.2) is 0 Å². The summed E-state index contributed by atoms with van der Waals surface area (Å²) in [5.74, 6) is -0.936. The molecule has 2 aromatic rings. The summed E-state index contributed by atoms with van der Waals surface area (Å²) in [6.45, 7) is 4.37. The zero-order valence-corrected chi connectivity index (χ0v) is 15.7. The second-order valence-corrected chi connectivity index (χ2v) is 6.50. The van der Waals surface area contributed by atoms with E-state index < -0.39 is 11.9 Å². The largest absolute Gasteiger partial charge is 0.465 e. The first-order valence-corrected chi connectivity index (χ1v) is 8.93. The fourth-order valence-electron chi connectivity index (χ4n) is 3.27. The van der Waals surface area contributed by atoms with Gasteiger partial charge in [0.1, 0.15) is 0 Å². The number of carbonyl (C=O) groups excluding carboxylic acids is 2. The SMILES string of the molecule is COC(=O)c1cc(C(=O)OC)cc(N2CCN(Cc3ccccc3)CC2)c1. The molecule has 1 fully saturated rings. The van der Waals surface area contributed by atoms with Crippen LogP contribution in [-0.4, -0.2) is 57.2 Å². The van der Waals surface area contributed by atoms with Crippen LogP contribution in [0.5, 0.6) is 0 Å². The number of anilines is 1. The van der Waals surface area contributed by atoms with Gasteiger partial charge in [0.2, 0.25) is 0 Å². The quantitative estimate of drug-likeness (QED) is 0.756. The summed E-state index contributed by atoms with van der Waals surface area (Å²) in [6, 6.07) is 15.4. The number of piperazine rings is 1. The second kappa shape index (κ2) is 8.68. The van der Waals surface area contributed by atoms with Crippen molar-refractivity contribution < 1.29 is 19.1 Å². The first-order chi connectivity index (χ1) is 13.1. The molecule has 0 N–H and O–H groups in total. The van der Waals surface area contributed by atoms with Gasteiger partial charge in [0.25, 0.3) is 0 Å². The Labute approximate surface area is 159 Å². The molecule has 0 amide bonds. The fraction of sp³-hybridized carbons (Fsp3) is 0.333. The van der Waals surface area contributed by atoms with Crippen LogP contribution in [0.25, 0.3) is 0 Å². The highest BCUT2D eigenvalue weighted by Crippen LogP contribution is 2.22. The van der Waals surface area contributed by atoms with Crippen molar-refractivity contribution in [3.63, 3.8) is 0 Å². The summed E-state index contributed by atoms with van der Waals surface area (Å²) < 4.78 is 9.63. The average molecular weight is 368 g/mol. The third-order valence-corrected chi connectivity index (χ3v) is 4.75. The third kappa shape index (κ3) is 4.65. The molecule has 0 aromatic heterocycles. The summed E-state index contributed by atoms with van der Waals surface area (Å²) in [5.41, 5.74) is 2.83. The highest BCUT2D eigenvalue weighted by molar-refractivity contribution is 5.97. The van der Waals surface area contributed by atoms with E-state index in [-0.39, 0.29) is 0 Å². The molecule has 27 heavy (non-hydrogen) atoms. The van der Waals surface area contributed by atoms with Crippen molar-refractivity contribution in [1.82, 2.24) is 4.90 Å². The minimum atomic E-state index is -0.468. The normalized spacial score (nSPS) is 14.7. The highest BCUT2D eigenvalue weighted by atomic mass is 16.5. The van der Waals surface area contributed by atoms with Gasteiger partial charge in [-0.1, -0.05) is 30.3 Å². The number of ether oxygens (including phenoxy) is 2. The molecule has 0 unspecified atom stereocenters. The molecule has 1 saturated heterocycles. The molecule has 142 valence electrons. The molecule has 1 aliphatic rings. The van der Waals surface area contributed by atoms with Gasteiger partial charge < -0.3 is 14.4 Å². The van der Waals surface area contributed by atoms with Crippen molar-refractivity contribution >= 4 is 17.6 Å². The van der Waals surface area contributed by atoms with Gasteiger partial charge in [-0.25, -0.2) is 9.59 Å². The van der Waals surface area contributed by atoms with E-state index in [1.807, 2.05) is 6.07 Å². The molecular formula is C21H24N2O4. The van der Waals surface area contributed by atoms with E-state index in [1.54, 1.807) is 12.1 Å². The van der Waals surface area contributed by atoms with Crippen LogP contribution in [0.2, 0.25) is 0 Å². The Morgan fingerprint density at radius 2 is 1.41 bits per heavy atom. The Morgan fingerprint density at radius 1 is 0.852 bits per heavy atom. The van der Waals surface area contributed by atoms with E-state index in [0.717, 1.165) is 38.4 Å². The third-order valence-electron chi connectivity index (χ3n) is 4.75. The van der Waals surface area contributed by atoms with Gasteiger partial charge in [-0.3, -0.25) is 4.90 Å². The van der Waals surface area contributed by atoms with Crippen LogP contribution in [0.15, 0.2) is 48.5 Å². The number of methoxy groups -OCH3 is 2. The Bertz CT molecular complexity index is 765.